The molecule has 30 heavy (non-hydrogen) atoms. The Morgan fingerprint density at radius 1 is 1.17 bits per heavy atom. The molecule has 0 saturated heterocycles. The van der Waals surface area contributed by atoms with Gasteiger partial charge in [-0.2, -0.15) is 0 Å². The molecule has 0 aromatic carbocycles. The predicted molar refractivity (Wildman–Crippen MR) is 101 cm³/mol. The zero-order valence-electron chi connectivity index (χ0n) is 15.2. The molecular formula is C13H21N5O10P2. The molecule has 0 radical (unpaired) electrons. The van der Waals surface area contributed by atoms with Crippen LogP contribution >= 0.6 is 15.6 Å². The van der Waals surface area contributed by atoms with E-state index in [1.807, 2.05) is 0 Å². The van der Waals surface area contributed by atoms with E-state index in [1.54, 1.807) is 0 Å². The van der Waals surface area contributed by atoms with Crippen LogP contribution in [0.15, 0.2) is 25.3 Å². The average molecular weight is 469 g/mol. The molecule has 168 valence electrons. The summed E-state index contributed by atoms with van der Waals surface area (Å²) in [6.45, 7) is 2.91. The maximum Gasteiger partial charge on any atom is 0.470 e. The number of aromatic nitrogens is 4. The first-order chi connectivity index (χ1) is 13.8. The number of phosphoric acid groups is 2. The summed E-state index contributed by atoms with van der Waals surface area (Å²) < 4.78 is 32.3. The molecule has 4 atom stereocenters. The van der Waals surface area contributed by atoms with Crippen molar-refractivity contribution in [1.29, 1.82) is 0 Å². The molecule has 2 heterocycles. The highest BCUT2D eigenvalue weighted by Gasteiger charge is 2.39. The second-order valence-corrected chi connectivity index (χ2v) is 8.47. The average Bonchev–Trinajstić information content (AvgIpc) is 3.04. The van der Waals surface area contributed by atoms with Crippen LogP contribution in [0.5, 0.6) is 0 Å². The van der Waals surface area contributed by atoms with Crippen LogP contribution in [0.4, 0.5) is 5.82 Å². The molecular weight excluding hydrogens is 448 g/mol. The SMILES string of the molecule is C=CC(C(OP(=O)(O)O)C(O)C(O)CCOP(=O)(O)O)n1cnc2c(N)ncnc21. The van der Waals surface area contributed by atoms with Crippen LogP contribution in [0, 0.1) is 0 Å². The Morgan fingerprint density at radius 3 is 2.40 bits per heavy atom. The van der Waals surface area contributed by atoms with E-state index in [-0.39, 0.29) is 17.0 Å². The zero-order chi connectivity index (χ0) is 22.7. The fourth-order valence-corrected chi connectivity index (χ4v) is 3.57. The van der Waals surface area contributed by atoms with Crippen LogP contribution < -0.4 is 5.73 Å². The Hall–Kier alpha value is -1.77. The zero-order valence-corrected chi connectivity index (χ0v) is 17.0. The fourth-order valence-electron chi connectivity index (χ4n) is 2.66. The van der Waals surface area contributed by atoms with Gasteiger partial charge < -0.3 is 40.1 Å². The Balaban J connectivity index is 2.35. The summed E-state index contributed by atoms with van der Waals surface area (Å²) in [6.07, 6.45) is -2.46. The number of hydrogen-bond acceptors (Lipinski definition) is 10. The Kier molecular flexibility index (Phi) is 7.82. The molecule has 2 rings (SSSR count). The number of rotatable bonds is 11. The van der Waals surface area contributed by atoms with E-state index >= 15 is 0 Å². The van der Waals surface area contributed by atoms with Crippen molar-refractivity contribution < 1.29 is 48.0 Å². The number of aliphatic hydroxyl groups excluding tert-OH is 2. The molecule has 0 aliphatic carbocycles. The fraction of sp³-hybridized carbons (Fsp3) is 0.462. The van der Waals surface area contributed by atoms with E-state index in [2.05, 4.69) is 26.1 Å². The summed E-state index contributed by atoms with van der Waals surface area (Å²) >= 11 is 0. The number of phosphoric ester groups is 2. The summed E-state index contributed by atoms with van der Waals surface area (Å²) in [5.41, 5.74) is 6.02. The smallest absolute Gasteiger partial charge is 0.390 e. The van der Waals surface area contributed by atoms with Gasteiger partial charge in [-0.3, -0.25) is 9.05 Å². The van der Waals surface area contributed by atoms with Crippen LogP contribution in [0.25, 0.3) is 11.2 Å². The van der Waals surface area contributed by atoms with E-state index in [9.17, 15) is 29.1 Å². The Labute approximate surface area is 169 Å². The van der Waals surface area contributed by atoms with E-state index in [1.165, 1.54) is 17.0 Å². The highest BCUT2D eigenvalue weighted by atomic mass is 31.2. The summed E-state index contributed by atoms with van der Waals surface area (Å²) in [5, 5.41) is 20.7. The lowest BCUT2D eigenvalue weighted by Gasteiger charge is -2.32. The number of nitrogens with two attached hydrogens (primary N) is 1. The van der Waals surface area contributed by atoms with Crippen LogP contribution in [-0.4, -0.2) is 74.2 Å². The van der Waals surface area contributed by atoms with E-state index < -0.39 is 53.0 Å². The van der Waals surface area contributed by atoms with Gasteiger partial charge in [-0.05, 0) is 6.42 Å². The molecule has 0 saturated carbocycles. The molecule has 0 amide bonds. The molecule has 17 heteroatoms. The third-order valence-corrected chi connectivity index (χ3v) is 4.99. The van der Waals surface area contributed by atoms with Gasteiger partial charge >= 0.3 is 15.6 Å². The Bertz CT molecular complexity index is 974. The highest BCUT2D eigenvalue weighted by molar-refractivity contribution is 7.46. The molecule has 0 bridgehead atoms. The van der Waals surface area contributed by atoms with Gasteiger partial charge in [0.2, 0.25) is 0 Å². The molecule has 0 aliphatic heterocycles. The molecule has 0 fully saturated rings. The van der Waals surface area contributed by atoms with Gasteiger partial charge in [0.05, 0.1) is 25.1 Å². The predicted octanol–water partition coefficient (Wildman–Crippen LogP) is -1.17. The first kappa shape index (κ1) is 24.5. The first-order valence-corrected chi connectivity index (χ1v) is 11.3. The van der Waals surface area contributed by atoms with Gasteiger partial charge in [0.1, 0.15) is 24.1 Å². The monoisotopic (exact) mass is 469 g/mol. The quantitative estimate of drug-likeness (QED) is 0.152. The van der Waals surface area contributed by atoms with Crippen LogP contribution in [0.2, 0.25) is 0 Å². The lowest BCUT2D eigenvalue weighted by atomic mass is 9.99. The summed E-state index contributed by atoms with van der Waals surface area (Å²) in [4.78, 5) is 47.7. The number of imidazole rings is 1. The van der Waals surface area contributed by atoms with Crippen molar-refractivity contribution in [2.75, 3.05) is 12.3 Å². The minimum absolute atomic E-state index is 0.0317. The maximum atomic E-state index is 11.5. The number of hydrogen-bond donors (Lipinski definition) is 7. The third-order valence-electron chi connectivity index (χ3n) is 3.95. The number of nitrogens with zero attached hydrogens (tertiary/aromatic N) is 4. The number of fused-ring (bicyclic) bond motifs is 1. The van der Waals surface area contributed by atoms with Crippen molar-refractivity contribution in [3.05, 3.63) is 25.3 Å². The number of nitrogen functional groups attached to an aromatic ring is 1. The third kappa shape index (κ3) is 6.36. The maximum absolute atomic E-state index is 11.5. The van der Waals surface area contributed by atoms with Crippen molar-refractivity contribution in [2.24, 2.45) is 0 Å². The van der Waals surface area contributed by atoms with Gasteiger partial charge in [0.15, 0.2) is 11.5 Å². The van der Waals surface area contributed by atoms with E-state index in [0.717, 1.165) is 6.33 Å². The van der Waals surface area contributed by atoms with Crippen LogP contribution in [0.1, 0.15) is 12.5 Å². The first-order valence-electron chi connectivity index (χ1n) is 8.19. The molecule has 0 aliphatic rings. The molecule has 0 spiro atoms. The molecule has 15 nitrogen and oxygen atoms in total. The standard InChI is InChI=1S/C13H21N5O10P2/c1-2-7(18-6-17-9-12(14)15-5-16-13(9)18)11(28-30(24,25)26)10(20)8(19)3-4-27-29(21,22)23/h2,5-8,10-11,19-20H,1,3-4H2,(H2,14,15,16)(H2,21,22,23)(H2,24,25,26). The minimum Gasteiger partial charge on any atom is -0.390 e. The van der Waals surface area contributed by atoms with Crippen LogP contribution in [0.3, 0.4) is 0 Å². The molecule has 2 aromatic heterocycles. The van der Waals surface area contributed by atoms with Gasteiger partial charge in [-0.25, -0.2) is 24.1 Å². The molecule has 8 N–H and O–H groups in total. The van der Waals surface area contributed by atoms with Gasteiger partial charge in [0.25, 0.3) is 0 Å². The van der Waals surface area contributed by atoms with Gasteiger partial charge in [-0.15, -0.1) is 6.58 Å². The lowest BCUT2D eigenvalue weighted by Crippen LogP contribution is -2.43. The Morgan fingerprint density at radius 2 is 1.83 bits per heavy atom. The van der Waals surface area contributed by atoms with Crippen molar-refractivity contribution >= 4 is 32.6 Å². The minimum atomic E-state index is -5.17. The van der Waals surface area contributed by atoms with E-state index in [0.29, 0.717) is 0 Å². The van der Waals surface area contributed by atoms with Crippen LogP contribution in [-0.2, 0) is 18.2 Å². The normalized spacial score (nSPS) is 16.9. The van der Waals surface area contributed by atoms with Gasteiger partial charge in [0, 0.05) is 0 Å². The summed E-state index contributed by atoms with van der Waals surface area (Å²) in [6, 6.07) is -1.20. The van der Waals surface area contributed by atoms with Crippen molar-refractivity contribution in [2.45, 2.75) is 30.8 Å². The second-order valence-electron chi connectivity index (χ2n) is 6.04. The summed E-state index contributed by atoms with van der Waals surface area (Å²) in [5.74, 6) is 0.0317. The summed E-state index contributed by atoms with van der Waals surface area (Å²) in [7, 11) is -9.98. The molecule has 2 aromatic rings. The molecule has 4 unspecified atom stereocenters. The van der Waals surface area contributed by atoms with Gasteiger partial charge in [-0.1, -0.05) is 6.08 Å². The number of anilines is 1. The van der Waals surface area contributed by atoms with E-state index in [4.69, 9.17) is 20.0 Å². The highest BCUT2D eigenvalue weighted by Crippen LogP contribution is 2.42. The number of aliphatic hydroxyl groups is 2. The van der Waals surface area contributed by atoms with Crippen molar-refractivity contribution in [3.8, 4) is 0 Å². The second kappa shape index (κ2) is 9.58. The topological polar surface area (TPSA) is 244 Å². The lowest BCUT2D eigenvalue weighted by molar-refractivity contribution is -0.0734. The van der Waals surface area contributed by atoms with Crippen molar-refractivity contribution in [3.63, 3.8) is 0 Å². The largest absolute Gasteiger partial charge is 0.470 e. The van der Waals surface area contributed by atoms with Crippen molar-refractivity contribution in [1.82, 2.24) is 19.5 Å².